The highest BCUT2D eigenvalue weighted by molar-refractivity contribution is 5.98. The van der Waals surface area contributed by atoms with Crippen molar-refractivity contribution < 1.29 is 37.8 Å². The van der Waals surface area contributed by atoms with Gasteiger partial charge in [-0.1, -0.05) is 42.4 Å². The summed E-state index contributed by atoms with van der Waals surface area (Å²) in [6, 6.07) is 10.1. The molecule has 5 heteroatoms. The first-order valence-electron chi connectivity index (χ1n) is 7.32. The van der Waals surface area contributed by atoms with Crippen molar-refractivity contribution in [1.29, 1.82) is 0 Å². The molecule has 0 saturated heterocycles. The topological polar surface area (TPSA) is 38.3 Å². The lowest BCUT2D eigenvalue weighted by Crippen LogP contribution is -3.00. The summed E-state index contributed by atoms with van der Waals surface area (Å²) in [5.41, 5.74) is 2.86. The molecule has 0 bridgehead atoms. The van der Waals surface area contributed by atoms with Crippen LogP contribution in [0.3, 0.4) is 0 Å². The van der Waals surface area contributed by atoms with Crippen LogP contribution in [0.25, 0.3) is 11.3 Å². The fraction of sp³-hybridized carbons (Fsp3) is 0.412. The van der Waals surface area contributed by atoms with E-state index in [9.17, 15) is 0 Å². The minimum Gasteiger partial charge on any atom is -1.00 e. The number of hydrogen-bond acceptors (Lipinski definition) is 3. The number of benzene rings is 1. The summed E-state index contributed by atoms with van der Waals surface area (Å²) in [6.07, 6.45) is 0.788. The van der Waals surface area contributed by atoms with E-state index < -0.39 is 0 Å². The lowest BCUT2D eigenvalue weighted by molar-refractivity contribution is -0.562. The zero-order valence-corrected chi connectivity index (χ0v) is 15.5. The predicted octanol–water partition coefficient (Wildman–Crippen LogP) is 0.106. The first-order chi connectivity index (χ1) is 10.0. The number of nitrogens with zero attached hydrogens (tertiary/aromatic N) is 2. The van der Waals surface area contributed by atoms with Gasteiger partial charge in [0.15, 0.2) is 23.5 Å². The molecule has 0 unspecified atom stereocenters. The average molecular weight is 412 g/mol. The molecule has 118 valence electrons. The van der Waals surface area contributed by atoms with Gasteiger partial charge in [-0.05, 0) is 0 Å². The fourth-order valence-corrected chi connectivity index (χ4v) is 2.53. The lowest BCUT2D eigenvalue weighted by atomic mass is 10.0. The van der Waals surface area contributed by atoms with Gasteiger partial charge in [0.2, 0.25) is 0 Å². The van der Waals surface area contributed by atoms with Crippen LogP contribution in [0.5, 0.6) is 0 Å². The Morgan fingerprint density at radius 1 is 1.23 bits per heavy atom. The molecule has 4 nitrogen and oxygen atoms in total. The highest BCUT2D eigenvalue weighted by Gasteiger charge is 2.43. The molecule has 0 spiro atoms. The summed E-state index contributed by atoms with van der Waals surface area (Å²) < 4.78 is 13.7. The molecule has 22 heavy (non-hydrogen) atoms. The Labute approximate surface area is 148 Å². The first-order valence-corrected chi connectivity index (χ1v) is 7.32. The monoisotopic (exact) mass is 412 g/mol. The maximum atomic E-state index is 5.97. The summed E-state index contributed by atoms with van der Waals surface area (Å²) >= 11 is 0. The number of likely N-dealkylation sites (N-methyl/N-ethyl adjacent to an activating group) is 1. The largest absolute Gasteiger partial charge is 1.00 e. The van der Waals surface area contributed by atoms with Gasteiger partial charge in [0.1, 0.15) is 12.7 Å². The molecule has 0 aliphatic carbocycles. The molecule has 3 rings (SSSR count). The van der Waals surface area contributed by atoms with E-state index in [4.69, 9.17) is 9.26 Å². The van der Waals surface area contributed by atoms with Gasteiger partial charge in [-0.15, -0.1) is 0 Å². The SMILES string of the molecule is CCc1onc(-c2ccccc2)c1C1=[N+](C)C(C)(C)CO1.[I-]. The molecule has 0 amide bonds. The van der Waals surface area contributed by atoms with Gasteiger partial charge in [0.25, 0.3) is 0 Å². The zero-order valence-electron chi connectivity index (χ0n) is 13.4. The standard InChI is InChI=1S/C17H21N2O2.HI/c1-5-13-14(16-19(4)17(2,3)11-20-16)15(18-21-13)12-9-7-6-8-10-12;/h6-10H,5,11H2,1-4H3;1H/q+1;/p-1. The fourth-order valence-electron chi connectivity index (χ4n) is 2.53. The molecule has 1 aromatic heterocycles. The second-order valence-corrected chi connectivity index (χ2v) is 6.01. The maximum Gasteiger partial charge on any atom is 0.376 e. The number of halogens is 1. The van der Waals surface area contributed by atoms with Crippen molar-refractivity contribution in [1.82, 2.24) is 5.16 Å². The number of rotatable bonds is 3. The van der Waals surface area contributed by atoms with Crippen LogP contribution in [0.1, 0.15) is 32.1 Å². The summed E-state index contributed by atoms with van der Waals surface area (Å²) in [5.74, 6) is 1.73. The molecular weight excluding hydrogens is 391 g/mol. The number of hydrogen-bond donors (Lipinski definition) is 0. The second kappa shape index (κ2) is 6.40. The third-order valence-corrected chi connectivity index (χ3v) is 4.12. The molecule has 1 aliphatic rings. The Kier molecular flexibility index (Phi) is 4.94. The third kappa shape index (κ3) is 2.78. The molecule has 2 aromatic rings. The lowest BCUT2D eigenvalue weighted by Gasteiger charge is -2.09. The number of aromatic nitrogens is 1. The van der Waals surface area contributed by atoms with Crippen LogP contribution >= 0.6 is 0 Å². The predicted molar refractivity (Wildman–Crippen MR) is 81.6 cm³/mol. The third-order valence-electron chi connectivity index (χ3n) is 4.12. The van der Waals surface area contributed by atoms with E-state index in [1.165, 1.54) is 0 Å². The number of aryl methyl sites for hydroxylation is 1. The molecule has 2 heterocycles. The van der Waals surface area contributed by atoms with E-state index in [0.717, 1.165) is 34.9 Å². The Morgan fingerprint density at radius 2 is 1.91 bits per heavy atom. The van der Waals surface area contributed by atoms with Gasteiger partial charge in [-0.2, -0.15) is 4.58 Å². The molecule has 0 N–H and O–H groups in total. The van der Waals surface area contributed by atoms with Gasteiger partial charge in [0.05, 0.1) is 0 Å². The van der Waals surface area contributed by atoms with Gasteiger partial charge >= 0.3 is 5.90 Å². The molecular formula is C17H21IN2O2. The van der Waals surface area contributed by atoms with Crippen LogP contribution in [0.4, 0.5) is 0 Å². The average Bonchev–Trinajstić information content (AvgIpc) is 3.02. The maximum absolute atomic E-state index is 5.97. The van der Waals surface area contributed by atoms with Crippen LogP contribution in [0.15, 0.2) is 34.9 Å². The minimum absolute atomic E-state index is 0. The zero-order chi connectivity index (χ0) is 15.0. The van der Waals surface area contributed by atoms with Crippen molar-refractivity contribution in [2.75, 3.05) is 13.7 Å². The Morgan fingerprint density at radius 3 is 2.45 bits per heavy atom. The van der Waals surface area contributed by atoms with Gasteiger partial charge in [-0.25, -0.2) is 0 Å². The minimum atomic E-state index is -0.0222. The quantitative estimate of drug-likeness (QED) is 0.531. The molecule has 1 aliphatic heterocycles. The van der Waals surface area contributed by atoms with Gasteiger partial charge in [-0.3, -0.25) is 0 Å². The van der Waals surface area contributed by atoms with Gasteiger partial charge in [0, 0.05) is 25.8 Å². The number of ether oxygens (including phenoxy) is 1. The van der Waals surface area contributed by atoms with E-state index in [0.29, 0.717) is 6.61 Å². The van der Waals surface area contributed by atoms with Crippen molar-refractivity contribution in [2.24, 2.45) is 0 Å². The van der Waals surface area contributed by atoms with Crippen LogP contribution in [-0.4, -0.2) is 34.8 Å². The van der Waals surface area contributed by atoms with E-state index >= 15 is 0 Å². The Balaban J connectivity index is 0.00000176. The van der Waals surface area contributed by atoms with E-state index in [-0.39, 0.29) is 29.5 Å². The van der Waals surface area contributed by atoms with Crippen LogP contribution < -0.4 is 24.0 Å². The smallest absolute Gasteiger partial charge is 0.376 e. The molecule has 1 aromatic carbocycles. The molecule has 0 atom stereocenters. The van der Waals surface area contributed by atoms with Crippen molar-refractivity contribution in [3.8, 4) is 11.3 Å². The Bertz CT molecular complexity index is 690. The normalized spacial score (nSPS) is 16.4. The summed E-state index contributed by atoms with van der Waals surface area (Å²) in [7, 11) is 2.06. The summed E-state index contributed by atoms with van der Waals surface area (Å²) in [5, 5.41) is 4.28. The van der Waals surface area contributed by atoms with Crippen molar-refractivity contribution in [3.63, 3.8) is 0 Å². The molecule has 0 saturated carbocycles. The summed E-state index contributed by atoms with van der Waals surface area (Å²) in [6.45, 7) is 7.07. The highest BCUT2D eigenvalue weighted by Crippen LogP contribution is 2.30. The first kappa shape index (κ1) is 17.0. The van der Waals surface area contributed by atoms with Gasteiger partial charge < -0.3 is 33.2 Å². The van der Waals surface area contributed by atoms with Crippen molar-refractivity contribution in [2.45, 2.75) is 32.7 Å². The molecule has 0 radical (unpaired) electrons. The molecule has 0 fully saturated rings. The highest BCUT2D eigenvalue weighted by atomic mass is 127. The van der Waals surface area contributed by atoms with Crippen LogP contribution in [0, 0.1) is 0 Å². The van der Waals surface area contributed by atoms with E-state index in [2.05, 4.69) is 37.6 Å². The van der Waals surface area contributed by atoms with Crippen molar-refractivity contribution >= 4 is 5.90 Å². The summed E-state index contributed by atoms with van der Waals surface area (Å²) in [4.78, 5) is 0. The van der Waals surface area contributed by atoms with Crippen LogP contribution in [0.2, 0.25) is 0 Å². The van der Waals surface area contributed by atoms with E-state index in [1.807, 2.05) is 30.3 Å². The van der Waals surface area contributed by atoms with E-state index in [1.54, 1.807) is 0 Å². The second-order valence-electron chi connectivity index (χ2n) is 6.01. The Hall–Kier alpha value is -1.37. The van der Waals surface area contributed by atoms with Crippen LogP contribution in [-0.2, 0) is 11.2 Å². The van der Waals surface area contributed by atoms with Crippen molar-refractivity contribution in [3.05, 3.63) is 41.7 Å².